The molecule has 2 heteroatoms. The topological polar surface area (TPSA) is 18.5 Å². The van der Waals surface area contributed by atoms with Gasteiger partial charge in [0.2, 0.25) is 0 Å². The van der Waals surface area contributed by atoms with Crippen molar-refractivity contribution in [1.82, 2.24) is 0 Å². The lowest BCUT2D eigenvalue weighted by molar-refractivity contribution is 0.354. The molecule has 0 N–H and O–H groups in total. The minimum Gasteiger partial charge on any atom is -0.493 e. The number of methoxy groups -OCH3 is 2. The fourth-order valence-corrected chi connectivity index (χ4v) is 1.32. The van der Waals surface area contributed by atoms with Crippen molar-refractivity contribution >= 4 is 0 Å². The third-order valence-electron chi connectivity index (χ3n) is 1.99. The van der Waals surface area contributed by atoms with E-state index in [0.717, 1.165) is 24.3 Å². The molecule has 1 aromatic carbocycles. The largest absolute Gasteiger partial charge is 0.493 e. The van der Waals surface area contributed by atoms with E-state index in [1.54, 1.807) is 14.2 Å². The molecule has 13 heavy (non-hydrogen) atoms. The van der Waals surface area contributed by atoms with E-state index in [1.807, 2.05) is 12.1 Å². The van der Waals surface area contributed by atoms with E-state index in [1.165, 1.54) is 5.56 Å². The molecule has 0 heterocycles. The third kappa shape index (κ3) is 2.38. The molecule has 0 radical (unpaired) electrons. The maximum atomic E-state index is 5.20. The lowest BCUT2D eigenvalue weighted by Gasteiger charge is -2.08. The Morgan fingerprint density at radius 1 is 1.15 bits per heavy atom. The zero-order valence-electron chi connectivity index (χ0n) is 8.46. The van der Waals surface area contributed by atoms with Gasteiger partial charge in [0.25, 0.3) is 0 Å². The minimum atomic E-state index is 0. The van der Waals surface area contributed by atoms with Gasteiger partial charge in [-0.2, -0.15) is 0 Å². The van der Waals surface area contributed by atoms with Crippen LogP contribution in [0.3, 0.4) is 0 Å². The number of aryl methyl sites for hydroxylation is 1. The van der Waals surface area contributed by atoms with Crippen LogP contribution in [0, 0.1) is 0 Å². The monoisotopic (exact) mass is 183 g/mol. The molecule has 1 aromatic rings. The van der Waals surface area contributed by atoms with E-state index in [2.05, 4.69) is 13.0 Å². The van der Waals surface area contributed by atoms with E-state index >= 15 is 0 Å². The highest BCUT2D eigenvalue weighted by Gasteiger charge is 2.02. The number of benzene rings is 1. The van der Waals surface area contributed by atoms with Crippen LogP contribution >= 0.6 is 0 Å². The normalized spacial score (nSPS) is 9.77. The first kappa shape index (κ1) is 9.90. The third-order valence-corrected chi connectivity index (χ3v) is 1.99. The predicted molar refractivity (Wildman–Crippen MR) is 55.7 cm³/mol. The molecule has 0 saturated carbocycles. The molecule has 0 aliphatic heterocycles. The molecule has 2 nitrogen and oxygen atoms in total. The predicted octanol–water partition coefficient (Wildman–Crippen LogP) is 2.90. The first-order valence-corrected chi connectivity index (χ1v) is 4.52. The van der Waals surface area contributed by atoms with Gasteiger partial charge < -0.3 is 9.47 Å². The van der Waals surface area contributed by atoms with Gasteiger partial charge in [-0.3, -0.25) is 0 Å². The van der Waals surface area contributed by atoms with E-state index in [9.17, 15) is 0 Å². The van der Waals surface area contributed by atoms with Crippen LogP contribution in [-0.4, -0.2) is 14.2 Å². The van der Waals surface area contributed by atoms with Gasteiger partial charge in [-0.1, -0.05) is 19.4 Å². The van der Waals surface area contributed by atoms with Gasteiger partial charge in [0.05, 0.1) is 14.2 Å². The molecule has 0 aliphatic rings. The van der Waals surface area contributed by atoms with Gasteiger partial charge in [0, 0.05) is 1.43 Å². The van der Waals surface area contributed by atoms with Crippen LogP contribution in [0.25, 0.3) is 0 Å². The second-order valence-electron chi connectivity index (χ2n) is 2.94. The van der Waals surface area contributed by atoms with Crippen LogP contribution in [0.5, 0.6) is 11.5 Å². The van der Waals surface area contributed by atoms with Crippen molar-refractivity contribution in [2.24, 2.45) is 0 Å². The molecule has 1 rings (SSSR count). The Hall–Kier alpha value is -1.18. The fourth-order valence-electron chi connectivity index (χ4n) is 1.32. The molecule has 0 aliphatic carbocycles. The summed E-state index contributed by atoms with van der Waals surface area (Å²) in [4.78, 5) is 0. The van der Waals surface area contributed by atoms with Crippen molar-refractivity contribution in [2.45, 2.75) is 19.8 Å². The van der Waals surface area contributed by atoms with Crippen LogP contribution in [0.2, 0.25) is 0 Å². The number of hydrogen-bond acceptors (Lipinski definition) is 2. The molecule has 0 spiro atoms. The van der Waals surface area contributed by atoms with Gasteiger partial charge in [0.15, 0.2) is 11.5 Å². The second-order valence-corrected chi connectivity index (χ2v) is 2.94. The number of ether oxygens (including phenoxy) is 2. The standard InChI is InChI=1S/C11H16O2.H2/c1-4-5-9-6-7-10(12-2)11(8-9)13-3;/h6-8H,4-5H2,1-3H3;1H/i;1+1. The zero-order chi connectivity index (χ0) is 9.68. The number of rotatable bonds is 4. The van der Waals surface area contributed by atoms with Crippen LogP contribution < -0.4 is 9.47 Å². The maximum absolute atomic E-state index is 5.20. The van der Waals surface area contributed by atoms with Crippen molar-refractivity contribution in [3.05, 3.63) is 23.8 Å². The Bertz CT molecular complexity index is 274. The van der Waals surface area contributed by atoms with Gasteiger partial charge in [0.1, 0.15) is 0 Å². The smallest absolute Gasteiger partial charge is 0.160 e. The molecule has 0 amide bonds. The summed E-state index contributed by atoms with van der Waals surface area (Å²) in [7, 11) is 3.31. The molecular formula is C11H18O2. The van der Waals surface area contributed by atoms with Crippen LogP contribution in [0.1, 0.15) is 20.3 Å². The lowest BCUT2D eigenvalue weighted by atomic mass is 10.1. The Balaban J connectivity index is 0.00000169. The fraction of sp³-hybridized carbons (Fsp3) is 0.455. The first-order valence-electron chi connectivity index (χ1n) is 4.52. The van der Waals surface area contributed by atoms with Crippen LogP contribution in [0.15, 0.2) is 18.2 Å². The Labute approximate surface area is 81.0 Å². The maximum Gasteiger partial charge on any atom is 0.160 e. The number of hydrogen-bond donors (Lipinski definition) is 0. The van der Waals surface area contributed by atoms with Gasteiger partial charge in [-0.15, -0.1) is 0 Å². The van der Waals surface area contributed by atoms with Crippen molar-refractivity contribution in [2.75, 3.05) is 14.2 Å². The summed E-state index contributed by atoms with van der Waals surface area (Å²) >= 11 is 0. The quantitative estimate of drug-likeness (QED) is 0.714. The molecule has 0 aromatic heterocycles. The highest BCUT2D eigenvalue weighted by atomic mass is 16.5. The molecule has 0 unspecified atom stereocenters. The lowest BCUT2D eigenvalue weighted by Crippen LogP contribution is -1.92. The summed E-state index contributed by atoms with van der Waals surface area (Å²) in [6, 6.07) is 6.05. The van der Waals surface area contributed by atoms with Gasteiger partial charge in [-0.05, 0) is 24.1 Å². The Kier molecular flexibility index (Phi) is 3.62. The summed E-state index contributed by atoms with van der Waals surface area (Å²) in [5.41, 5.74) is 1.29. The first-order chi connectivity index (χ1) is 6.31. The highest BCUT2D eigenvalue weighted by molar-refractivity contribution is 5.42. The van der Waals surface area contributed by atoms with Crippen LogP contribution in [0.4, 0.5) is 0 Å². The molecule has 0 bridgehead atoms. The second kappa shape index (κ2) is 4.75. The Morgan fingerprint density at radius 3 is 2.38 bits per heavy atom. The zero-order valence-corrected chi connectivity index (χ0v) is 8.46. The van der Waals surface area contributed by atoms with Crippen molar-refractivity contribution in [3.63, 3.8) is 0 Å². The van der Waals surface area contributed by atoms with Gasteiger partial charge in [-0.25, -0.2) is 0 Å². The summed E-state index contributed by atoms with van der Waals surface area (Å²) < 4.78 is 10.3. The average molecular weight is 183 g/mol. The average Bonchev–Trinajstić information content (AvgIpc) is 2.18. The van der Waals surface area contributed by atoms with E-state index in [4.69, 9.17) is 9.47 Å². The van der Waals surface area contributed by atoms with Gasteiger partial charge >= 0.3 is 0 Å². The highest BCUT2D eigenvalue weighted by Crippen LogP contribution is 2.27. The van der Waals surface area contributed by atoms with E-state index in [0.29, 0.717) is 0 Å². The molecule has 74 valence electrons. The van der Waals surface area contributed by atoms with E-state index in [-0.39, 0.29) is 1.43 Å². The van der Waals surface area contributed by atoms with Crippen molar-refractivity contribution in [3.8, 4) is 11.5 Å². The summed E-state index contributed by atoms with van der Waals surface area (Å²) in [6.45, 7) is 2.16. The molecule has 0 atom stereocenters. The molecular weight excluding hydrogens is 164 g/mol. The molecule has 0 fully saturated rings. The van der Waals surface area contributed by atoms with Crippen molar-refractivity contribution in [1.29, 1.82) is 0 Å². The SMILES string of the molecule is CCCc1ccc(OC)c(OC)c1.[2HH]. The Morgan fingerprint density at radius 2 is 1.85 bits per heavy atom. The van der Waals surface area contributed by atoms with Crippen molar-refractivity contribution < 1.29 is 10.9 Å². The minimum absolute atomic E-state index is 0. The van der Waals surface area contributed by atoms with Crippen LogP contribution in [-0.2, 0) is 6.42 Å². The molecule has 0 saturated heterocycles. The summed E-state index contributed by atoms with van der Waals surface area (Å²) in [5, 5.41) is 0. The summed E-state index contributed by atoms with van der Waals surface area (Å²) in [6.07, 6.45) is 2.23. The summed E-state index contributed by atoms with van der Waals surface area (Å²) in [5.74, 6) is 1.61. The van der Waals surface area contributed by atoms with E-state index < -0.39 is 0 Å².